The average molecular weight is 631 g/mol. The molecule has 0 saturated carbocycles. The van der Waals surface area contributed by atoms with Crippen molar-refractivity contribution in [3.63, 3.8) is 0 Å². The van der Waals surface area contributed by atoms with Crippen molar-refractivity contribution in [3.05, 3.63) is 89.2 Å². The van der Waals surface area contributed by atoms with Crippen molar-refractivity contribution in [2.45, 2.75) is 89.3 Å². The Morgan fingerprint density at radius 2 is 1.72 bits per heavy atom. The van der Waals surface area contributed by atoms with Gasteiger partial charge in [-0.05, 0) is 76.1 Å². The van der Waals surface area contributed by atoms with E-state index in [0.717, 1.165) is 24.0 Å². The van der Waals surface area contributed by atoms with Crippen molar-refractivity contribution < 1.29 is 32.9 Å². The minimum atomic E-state index is -0.877. The van der Waals surface area contributed by atoms with Gasteiger partial charge < -0.3 is 24.3 Å². The molecule has 0 aliphatic carbocycles. The Balaban J connectivity index is 1.40. The van der Waals surface area contributed by atoms with E-state index in [1.54, 1.807) is 17.0 Å². The SMILES string of the molecule is C[C@@H]1CC2(COCC(=O)N2)C2Cc3cccc(c3F)-c3ccccc3OCCCC(OC(C)(C)C)c3ccc(cc3)COC(=O)N21. The fourth-order valence-corrected chi connectivity index (χ4v) is 7.09. The highest BCUT2D eigenvalue weighted by atomic mass is 19.1. The van der Waals surface area contributed by atoms with Crippen LogP contribution in [0.4, 0.5) is 9.18 Å². The molecular weight excluding hydrogens is 587 g/mol. The van der Waals surface area contributed by atoms with Crippen LogP contribution in [0.3, 0.4) is 0 Å². The molecule has 4 atom stereocenters. The molecule has 4 heterocycles. The van der Waals surface area contributed by atoms with Crippen LogP contribution in [0.1, 0.15) is 69.8 Å². The Bertz CT molecular complexity index is 1570. The predicted octanol–water partition coefficient (Wildman–Crippen LogP) is 6.75. The van der Waals surface area contributed by atoms with E-state index in [0.29, 0.717) is 35.5 Å². The molecule has 3 aromatic rings. The molecule has 4 aliphatic heterocycles. The van der Waals surface area contributed by atoms with Crippen LogP contribution >= 0.6 is 0 Å². The van der Waals surface area contributed by atoms with Crippen LogP contribution in [0.5, 0.6) is 5.75 Å². The van der Waals surface area contributed by atoms with Gasteiger partial charge in [0, 0.05) is 17.2 Å². The summed E-state index contributed by atoms with van der Waals surface area (Å²) in [5.74, 6) is -0.0545. The van der Waals surface area contributed by atoms with Gasteiger partial charge in [-0.3, -0.25) is 9.69 Å². The smallest absolute Gasteiger partial charge is 0.410 e. The number of carbonyl (C=O) groups is 2. The van der Waals surface area contributed by atoms with E-state index >= 15 is 4.39 Å². The Hall–Kier alpha value is -3.95. The Morgan fingerprint density at radius 3 is 2.48 bits per heavy atom. The predicted molar refractivity (Wildman–Crippen MR) is 172 cm³/mol. The van der Waals surface area contributed by atoms with Gasteiger partial charge >= 0.3 is 6.09 Å². The Kier molecular flexibility index (Phi) is 9.08. The van der Waals surface area contributed by atoms with Crippen molar-refractivity contribution in [2.24, 2.45) is 0 Å². The van der Waals surface area contributed by atoms with Crippen molar-refractivity contribution >= 4 is 12.0 Å². The van der Waals surface area contributed by atoms with Crippen molar-refractivity contribution in [3.8, 4) is 16.9 Å². The van der Waals surface area contributed by atoms with E-state index in [1.807, 2.05) is 82.3 Å². The highest BCUT2D eigenvalue weighted by molar-refractivity contribution is 5.80. The summed E-state index contributed by atoms with van der Waals surface area (Å²) in [6.45, 7) is 8.71. The van der Waals surface area contributed by atoms with Gasteiger partial charge in [-0.1, -0.05) is 60.7 Å². The first-order valence-corrected chi connectivity index (χ1v) is 16.1. The van der Waals surface area contributed by atoms with Gasteiger partial charge in [0.05, 0.1) is 36.5 Å². The molecule has 9 heteroatoms. The standard InChI is InChI=1S/C37H43FN2O6/c1-24-20-37(23-43-22-33(41)39-37)32-19-27-9-7-11-29(34(27)38)28-10-5-6-12-31(28)44-18-8-13-30(46-36(2,3)4)26-16-14-25(15-17-26)21-45-35(42)40(24)32/h5-7,9-12,14-17,24,30,32H,8,13,18-23H2,1-4H3,(H,39,41)/t24-,30?,32?,37?/m1/s1. The van der Waals surface area contributed by atoms with Crippen LogP contribution in [0.25, 0.3) is 11.1 Å². The van der Waals surface area contributed by atoms with E-state index in [9.17, 15) is 9.59 Å². The van der Waals surface area contributed by atoms with Gasteiger partial charge in [0.2, 0.25) is 5.91 Å². The van der Waals surface area contributed by atoms with Crippen molar-refractivity contribution in [1.29, 1.82) is 0 Å². The number of halogens is 1. The van der Waals surface area contributed by atoms with Gasteiger partial charge in [0.25, 0.3) is 0 Å². The number of ether oxygens (including phenoxy) is 4. The van der Waals surface area contributed by atoms with Gasteiger partial charge in [-0.2, -0.15) is 0 Å². The van der Waals surface area contributed by atoms with Crippen LogP contribution in [-0.2, 0) is 32.0 Å². The Labute approximate surface area is 270 Å². The average Bonchev–Trinajstić information content (AvgIpc) is 3.27. The molecule has 1 spiro atoms. The van der Waals surface area contributed by atoms with Crippen LogP contribution in [-0.4, -0.2) is 59.9 Å². The van der Waals surface area contributed by atoms with Crippen molar-refractivity contribution in [1.82, 2.24) is 10.2 Å². The summed E-state index contributed by atoms with van der Waals surface area (Å²) in [7, 11) is 0. The quantitative estimate of drug-likeness (QED) is 0.320. The summed E-state index contributed by atoms with van der Waals surface area (Å²) in [6, 6.07) is 19.8. The molecule has 2 fully saturated rings. The lowest BCUT2D eigenvalue weighted by Crippen LogP contribution is -2.64. The molecule has 1 N–H and O–H groups in total. The summed E-state index contributed by atoms with van der Waals surface area (Å²) >= 11 is 0. The zero-order valence-electron chi connectivity index (χ0n) is 27.0. The number of morpholine rings is 1. The number of hydrogen-bond donors (Lipinski definition) is 1. The minimum Gasteiger partial charge on any atom is -0.493 e. The highest BCUT2D eigenvalue weighted by Gasteiger charge is 2.55. The fourth-order valence-electron chi connectivity index (χ4n) is 7.09. The molecule has 46 heavy (non-hydrogen) atoms. The van der Waals surface area contributed by atoms with Gasteiger partial charge in [0.15, 0.2) is 0 Å². The van der Waals surface area contributed by atoms with Crippen LogP contribution in [0, 0.1) is 5.82 Å². The third-order valence-electron chi connectivity index (χ3n) is 9.05. The number of amides is 2. The maximum atomic E-state index is 16.5. The first-order chi connectivity index (χ1) is 22.0. The molecule has 7 rings (SSSR count). The minimum absolute atomic E-state index is 0.0500. The second-order valence-electron chi connectivity index (χ2n) is 13.7. The van der Waals surface area contributed by atoms with Gasteiger partial charge in [-0.15, -0.1) is 0 Å². The van der Waals surface area contributed by atoms with E-state index in [-0.39, 0.29) is 49.9 Å². The molecule has 0 aromatic heterocycles. The molecule has 2 amide bonds. The largest absolute Gasteiger partial charge is 0.493 e. The fraction of sp³-hybridized carbons (Fsp3) is 0.459. The van der Waals surface area contributed by atoms with Crippen LogP contribution < -0.4 is 10.1 Å². The lowest BCUT2D eigenvalue weighted by molar-refractivity contribution is -0.136. The number of nitrogens with one attached hydrogen (secondary N) is 1. The van der Waals surface area contributed by atoms with Gasteiger partial charge in [0.1, 0.15) is 24.8 Å². The second-order valence-corrected chi connectivity index (χ2v) is 13.7. The maximum Gasteiger partial charge on any atom is 0.410 e. The van der Waals surface area contributed by atoms with E-state index < -0.39 is 23.5 Å². The zero-order chi connectivity index (χ0) is 32.5. The lowest BCUT2D eigenvalue weighted by Gasteiger charge is -2.41. The maximum absolute atomic E-state index is 16.5. The summed E-state index contributed by atoms with van der Waals surface area (Å²) in [5.41, 5.74) is 2.12. The molecular formula is C37H43FN2O6. The molecule has 8 nitrogen and oxygen atoms in total. The zero-order valence-corrected chi connectivity index (χ0v) is 27.0. The number of benzene rings is 3. The topological polar surface area (TPSA) is 86.3 Å². The number of fused-ring (bicyclic) bond motifs is 8. The van der Waals surface area contributed by atoms with E-state index in [2.05, 4.69) is 5.32 Å². The van der Waals surface area contributed by atoms with Gasteiger partial charge in [-0.25, -0.2) is 9.18 Å². The summed E-state index contributed by atoms with van der Waals surface area (Å²) < 4.78 is 40.8. The normalized spacial score (nSPS) is 25.7. The molecule has 3 aromatic carbocycles. The van der Waals surface area contributed by atoms with Crippen LogP contribution in [0.15, 0.2) is 66.7 Å². The third-order valence-corrected chi connectivity index (χ3v) is 9.05. The summed E-state index contributed by atoms with van der Waals surface area (Å²) in [6.07, 6.45) is 1.40. The summed E-state index contributed by atoms with van der Waals surface area (Å²) in [4.78, 5) is 28.1. The molecule has 4 bridgehead atoms. The number of rotatable bonds is 1. The van der Waals surface area contributed by atoms with Crippen molar-refractivity contribution in [2.75, 3.05) is 19.8 Å². The highest BCUT2D eigenvalue weighted by Crippen LogP contribution is 2.40. The number of nitrogens with zero attached hydrogens (tertiary/aromatic N) is 1. The first-order valence-electron chi connectivity index (χ1n) is 16.1. The monoisotopic (exact) mass is 630 g/mol. The Morgan fingerprint density at radius 1 is 0.957 bits per heavy atom. The summed E-state index contributed by atoms with van der Waals surface area (Å²) in [5, 5.41) is 3.11. The molecule has 3 unspecified atom stereocenters. The third kappa shape index (κ3) is 6.76. The molecule has 2 saturated heterocycles. The number of carbonyl (C=O) groups excluding carboxylic acids is 2. The van der Waals surface area contributed by atoms with E-state index in [1.165, 1.54) is 0 Å². The molecule has 0 radical (unpaired) electrons. The van der Waals surface area contributed by atoms with Crippen LogP contribution in [0.2, 0.25) is 0 Å². The van der Waals surface area contributed by atoms with E-state index in [4.69, 9.17) is 18.9 Å². The molecule has 4 aliphatic rings. The first kappa shape index (κ1) is 32.0. The number of para-hydroxylation sites is 1. The number of hydrogen-bond acceptors (Lipinski definition) is 6. The lowest BCUT2D eigenvalue weighted by atomic mass is 9.84. The second kappa shape index (κ2) is 13.0. The molecule has 244 valence electrons.